The zero-order valence-corrected chi connectivity index (χ0v) is 13.6. The molecule has 0 amide bonds. The molecular weight excluding hydrogens is 285 g/mol. The summed E-state index contributed by atoms with van der Waals surface area (Å²) in [5.74, 6) is 0. The molecule has 0 aromatic rings. The zero-order chi connectivity index (χ0) is 5.82. The summed E-state index contributed by atoms with van der Waals surface area (Å²) in [6, 6.07) is 0. The molecule has 1 saturated carbocycles. The van der Waals surface area contributed by atoms with Gasteiger partial charge < -0.3 is 0 Å². The van der Waals surface area contributed by atoms with E-state index < -0.39 is 0 Å². The fraction of sp³-hybridized carbons (Fsp3) is 1.00. The summed E-state index contributed by atoms with van der Waals surface area (Å²) in [4.78, 5) is 0. The first-order valence-corrected chi connectivity index (χ1v) is 8.38. The Balaban J connectivity index is 2.17. The van der Waals surface area contributed by atoms with Crippen molar-refractivity contribution in [1.29, 1.82) is 0 Å². The zero-order valence-electron chi connectivity index (χ0n) is 5.82. The van der Waals surface area contributed by atoms with Crippen LogP contribution in [0.2, 0.25) is 3.43 Å². The van der Waals surface area contributed by atoms with Gasteiger partial charge in [0.1, 0.15) is 0 Å². The van der Waals surface area contributed by atoms with Crippen molar-refractivity contribution in [2.24, 2.45) is 0 Å². The van der Waals surface area contributed by atoms with Crippen molar-refractivity contribution in [3.63, 3.8) is 0 Å². The number of rotatable bonds is 0. The van der Waals surface area contributed by atoms with Crippen LogP contribution < -0.4 is 0 Å². The molecule has 0 radical (unpaired) electrons. The normalized spacial score (nSPS) is 24.9. The van der Waals surface area contributed by atoms with Crippen LogP contribution in [0.3, 0.4) is 0 Å². The van der Waals surface area contributed by atoms with Gasteiger partial charge in [0.2, 0.25) is 0 Å². The summed E-state index contributed by atoms with van der Waals surface area (Å²) in [5.41, 5.74) is 0. The van der Waals surface area contributed by atoms with E-state index in [2.05, 4.69) is 0 Å². The van der Waals surface area contributed by atoms with Gasteiger partial charge in [-0.05, 0) is 0 Å². The van der Waals surface area contributed by atoms with Crippen LogP contribution in [0, 0.1) is 0 Å². The Hall–Kier alpha value is 0.935. The molecule has 0 aromatic heterocycles. The molecule has 1 fully saturated rings. The van der Waals surface area contributed by atoms with Crippen LogP contribution in [-0.2, 0) is 26.1 Å². The average Bonchev–Trinajstić information content (AvgIpc) is 1.94. The van der Waals surface area contributed by atoms with E-state index in [0.29, 0.717) is 0 Å². The molecular formula is C7H14Hg. The molecule has 1 aliphatic rings. The maximum atomic E-state index is 1.58. The van der Waals surface area contributed by atoms with Gasteiger partial charge in [0.25, 0.3) is 0 Å². The SMILES string of the molecule is [HgH][CH]1CCCCCC1. The molecule has 8 heavy (non-hydrogen) atoms. The molecule has 1 rings (SSSR count). The molecule has 0 unspecified atom stereocenters. The molecule has 0 spiro atoms. The third-order valence-corrected chi connectivity index (χ3v) is 6.63. The van der Waals surface area contributed by atoms with Crippen LogP contribution in [0.4, 0.5) is 0 Å². The monoisotopic (exact) mass is 300 g/mol. The van der Waals surface area contributed by atoms with E-state index >= 15 is 0 Å². The third-order valence-electron chi connectivity index (χ3n) is 2.14. The Kier molecular flexibility index (Phi) is 3.41. The minimum absolute atomic E-state index is 0.889. The fourth-order valence-electron chi connectivity index (χ4n) is 1.48. The number of hydrogen-bond donors (Lipinski definition) is 0. The summed E-state index contributed by atoms with van der Waals surface area (Å²) >= 11 is 0.889. The number of hydrogen-bond acceptors (Lipinski definition) is 0. The van der Waals surface area contributed by atoms with Crippen LogP contribution in [0.1, 0.15) is 38.5 Å². The first kappa shape index (κ1) is 7.05. The van der Waals surface area contributed by atoms with Crippen molar-refractivity contribution in [3.8, 4) is 0 Å². The molecule has 0 N–H and O–H groups in total. The second-order valence-corrected chi connectivity index (χ2v) is 9.44. The second-order valence-electron chi connectivity index (χ2n) is 3.10. The van der Waals surface area contributed by atoms with Crippen molar-refractivity contribution < 1.29 is 26.1 Å². The maximum absolute atomic E-state index is 1.58. The molecule has 0 aromatic carbocycles. The van der Waals surface area contributed by atoms with Gasteiger partial charge in [-0.25, -0.2) is 0 Å². The van der Waals surface area contributed by atoms with E-state index in [9.17, 15) is 0 Å². The molecule has 1 aliphatic carbocycles. The van der Waals surface area contributed by atoms with Crippen molar-refractivity contribution in [2.45, 2.75) is 42.0 Å². The van der Waals surface area contributed by atoms with Crippen LogP contribution in [0.5, 0.6) is 0 Å². The van der Waals surface area contributed by atoms with Gasteiger partial charge in [-0.3, -0.25) is 0 Å². The van der Waals surface area contributed by atoms with E-state index in [-0.39, 0.29) is 0 Å². The van der Waals surface area contributed by atoms with Crippen LogP contribution in [0.25, 0.3) is 0 Å². The average molecular weight is 299 g/mol. The molecule has 0 aliphatic heterocycles. The van der Waals surface area contributed by atoms with Gasteiger partial charge >= 0.3 is 68.1 Å². The second kappa shape index (κ2) is 3.87. The Morgan fingerprint density at radius 2 is 1.38 bits per heavy atom. The first-order valence-electron chi connectivity index (χ1n) is 3.89. The van der Waals surface area contributed by atoms with E-state index in [1.165, 1.54) is 16.3 Å². The molecule has 0 heterocycles. The molecule has 1 heteroatoms. The summed E-state index contributed by atoms with van der Waals surface area (Å²) in [7, 11) is 0. The summed E-state index contributed by atoms with van der Waals surface area (Å²) in [6.45, 7) is 0. The van der Waals surface area contributed by atoms with Gasteiger partial charge in [0, 0.05) is 0 Å². The van der Waals surface area contributed by atoms with Gasteiger partial charge in [0.15, 0.2) is 0 Å². The third kappa shape index (κ3) is 2.47. The summed E-state index contributed by atoms with van der Waals surface area (Å²) in [6.07, 6.45) is 9.31. The Morgan fingerprint density at radius 1 is 0.875 bits per heavy atom. The van der Waals surface area contributed by atoms with Crippen molar-refractivity contribution in [3.05, 3.63) is 0 Å². The predicted octanol–water partition coefficient (Wildman–Crippen LogP) is 2.41. The topological polar surface area (TPSA) is 0 Å². The van der Waals surface area contributed by atoms with Crippen molar-refractivity contribution in [2.75, 3.05) is 0 Å². The summed E-state index contributed by atoms with van der Waals surface area (Å²) in [5, 5.41) is 0. The van der Waals surface area contributed by atoms with Gasteiger partial charge in [-0.1, -0.05) is 0 Å². The Bertz CT molecular complexity index is 53.4. The molecule has 0 nitrogen and oxygen atoms in total. The van der Waals surface area contributed by atoms with Gasteiger partial charge in [0.05, 0.1) is 0 Å². The molecule has 0 atom stereocenters. The van der Waals surface area contributed by atoms with E-state index in [1.807, 2.05) is 0 Å². The Labute approximate surface area is 68.0 Å². The van der Waals surface area contributed by atoms with Crippen molar-refractivity contribution in [1.82, 2.24) is 0 Å². The minimum atomic E-state index is 0.889. The predicted molar refractivity (Wildman–Crippen MR) is 32.8 cm³/mol. The molecule has 44 valence electrons. The molecule has 0 bridgehead atoms. The Morgan fingerprint density at radius 3 is 1.88 bits per heavy atom. The van der Waals surface area contributed by atoms with Gasteiger partial charge in [-0.15, -0.1) is 0 Å². The summed E-state index contributed by atoms with van der Waals surface area (Å²) < 4.78 is 1.25. The molecule has 0 saturated heterocycles. The van der Waals surface area contributed by atoms with Gasteiger partial charge in [-0.2, -0.15) is 0 Å². The standard InChI is InChI=1S/C7H13.Hg.H/c1-2-4-6-7-5-3-1;;/h1H,2-7H2;;. The van der Waals surface area contributed by atoms with E-state index in [0.717, 1.165) is 26.1 Å². The van der Waals surface area contributed by atoms with E-state index in [1.54, 1.807) is 25.7 Å². The quantitative estimate of drug-likeness (QED) is 0.476. The van der Waals surface area contributed by atoms with Crippen LogP contribution in [0.15, 0.2) is 0 Å². The first-order chi connectivity index (χ1) is 3.89. The van der Waals surface area contributed by atoms with E-state index in [4.69, 9.17) is 0 Å². The van der Waals surface area contributed by atoms with Crippen molar-refractivity contribution >= 4 is 0 Å². The van der Waals surface area contributed by atoms with Crippen LogP contribution in [-0.4, -0.2) is 0 Å². The van der Waals surface area contributed by atoms with Crippen LogP contribution >= 0.6 is 0 Å². The fourth-order valence-corrected chi connectivity index (χ4v) is 4.66.